The quantitative estimate of drug-likeness (QED) is 0.599. The van der Waals surface area contributed by atoms with Crippen LogP contribution in [-0.4, -0.2) is 35.4 Å². The molecule has 0 fully saturated rings. The molecule has 2 amide bonds. The third-order valence-electron chi connectivity index (χ3n) is 5.33. The standard InChI is InChI=1S/C25H33FN2O3/c1-6-18(4)27-25(30)19(5)28(15-20-11-13-21(26)14-12-20)24(29)16-31-23-10-8-7-9-22(23)17(2)3/h7-14,17-19H,6,15-16H2,1-5H3,(H,27,30)/t18-,19+/m1/s1. The monoisotopic (exact) mass is 428 g/mol. The summed E-state index contributed by atoms with van der Waals surface area (Å²) in [6, 6.07) is 12.8. The molecule has 31 heavy (non-hydrogen) atoms. The largest absolute Gasteiger partial charge is 0.483 e. The van der Waals surface area contributed by atoms with Gasteiger partial charge in [0.25, 0.3) is 5.91 Å². The van der Waals surface area contributed by atoms with Gasteiger partial charge in [0.15, 0.2) is 6.61 Å². The molecule has 2 rings (SSSR count). The molecule has 0 heterocycles. The zero-order valence-electron chi connectivity index (χ0n) is 19.0. The number of rotatable bonds is 10. The summed E-state index contributed by atoms with van der Waals surface area (Å²) in [5.74, 6) is 0.0195. The Balaban J connectivity index is 2.19. The van der Waals surface area contributed by atoms with Gasteiger partial charge in [0, 0.05) is 12.6 Å². The van der Waals surface area contributed by atoms with Gasteiger partial charge in [-0.15, -0.1) is 0 Å². The predicted molar refractivity (Wildman–Crippen MR) is 120 cm³/mol. The second kappa shape index (κ2) is 11.5. The lowest BCUT2D eigenvalue weighted by Gasteiger charge is -2.29. The Morgan fingerprint density at radius 2 is 1.68 bits per heavy atom. The van der Waals surface area contributed by atoms with Gasteiger partial charge in [-0.2, -0.15) is 0 Å². The number of benzene rings is 2. The third kappa shape index (κ3) is 7.09. The zero-order chi connectivity index (χ0) is 23.0. The van der Waals surface area contributed by atoms with Crippen LogP contribution in [0.5, 0.6) is 5.75 Å². The van der Waals surface area contributed by atoms with Crippen molar-refractivity contribution >= 4 is 11.8 Å². The van der Waals surface area contributed by atoms with E-state index < -0.39 is 6.04 Å². The average Bonchev–Trinajstić information content (AvgIpc) is 2.76. The molecule has 6 heteroatoms. The molecule has 168 valence electrons. The van der Waals surface area contributed by atoms with Gasteiger partial charge in [-0.1, -0.05) is 51.1 Å². The Morgan fingerprint density at radius 3 is 2.29 bits per heavy atom. The summed E-state index contributed by atoms with van der Waals surface area (Å²) in [5, 5.41) is 2.92. The summed E-state index contributed by atoms with van der Waals surface area (Å²) < 4.78 is 19.1. The SMILES string of the molecule is CC[C@@H](C)NC(=O)[C@H](C)N(Cc1ccc(F)cc1)C(=O)COc1ccccc1C(C)C. The molecule has 0 aliphatic carbocycles. The summed E-state index contributed by atoms with van der Waals surface area (Å²) in [7, 11) is 0. The minimum absolute atomic E-state index is 0.00638. The molecule has 0 radical (unpaired) electrons. The first-order chi connectivity index (χ1) is 14.7. The molecule has 2 aromatic carbocycles. The zero-order valence-corrected chi connectivity index (χ0v) is 19.0. The number of amides is 2. The first kappa shape index (κ1) is 24.4. The minimum Gasteiger partial charge on any atom is -0.483 e. The normalized spacial score (nSPS) is 12.9. The number of ether oxygens (including phenoxy) is 1. The van der Waals surface area contributed by atoms with Crippen LogP contribution in [0, 0.1) is 5.82 Å². The fourth-order valence-corrected chi connectivity index (χ4v) is 3.15. The van der Waals surface area contributed by atoms with Gasteiger partial charge in [-0.05, 0) is 55.5 Å². The summed E-state index contributed by atoms with van der Waals surface area (Å²) in [6.45, 7) is 9.72. The molecule has 5 nitrogen and oxygen atoms in total. The number of para-hydroxylation sites is 1. The second-order valence-electron chi connectivity index (χ2n) is 8.12. The Morgan fingerprint density at radius 1 is 1.03 bits per heavy atom. The maximum Gasteiger partial charge on any atom is 0.261 e. The first-order valence-corrected chi connectivity index (χ1v) is 10.8. The van der Waals surface area contributed by atoms with Crippen LogP contribution in [0.15, 0.2) is 48.5 Å². The highest BCUT2D eigenvalue weighted by Gasteiger charge is 2.27. The molecule has 0 aliphatic heterocycles. The Bertz CT molecular complexity index is 867. The van der Waals surface area contributed by atoms with E-state index in [1.54, 1.807) is 19.1 Å². The number of hydrogen-bond acceptors (Lipinski definition) is 3. The van der Waals surface area contributed by atoms with E-state index in [1.165, 1.54) is 17.0 Å². The van der Waals surface area contributed by atoms with Crippen molar-refractivity contribution in [3.05, 3.63) is 65.5 Å². The lowest BCUT2D eigenvalue weighted by molar-refractivity contribution is -0.142. The summed E-state index contributed by atoms with van der Waals surface area (Å²) >= 11 is 0. The topological polar surface area (TPSA) is 58.6 Å². The van der Waals surface area contributed by atoms with E-state index in [2.05, 4.69) is 19.2 Å². The molecular formula is C25H33FN2O3. The maximum atomic E-state index is 13.3. The fourth-order valence-electron chi connectivity index (χ4n) is 3.15. The molecule has 0 spiro atoms. The number of halogens is 1. The van der Waals surface area contributed by atoms with Gasteiger partial charge in [-0.25, -0.2) is 4.39 Å². The van der Waals surface area contributed by atoms with Crippen molar-refractivity contribution in [1.29, 1.82) is 0 Å². The molecule has 0 aliphatic rings. The molecule has 0 aromatic heterocycles. The highest BCUT2D eigenvalue weighted by Crippen LogP contribution is 2.26. The number of hydrogen-bond donors (Lipinski definition) is 1. The molecule has 0 saturated carbocycles. The molecular weight excluding hydrogens is 395 g/mol. The molecule has 2 aromatic rings. The van der Waals surface area contributed by atoms with E-state index in [9.17, 15) is 14.0 Å². The Kier molecular flexibility index (Phi) is 9.03. The van der Waals surface area contributed by atoms with E-state index in [0.29, 0.717) is 5.75 Å². The first-order valence-electron chi connectivity index (χ1n) is 10.8. The van der Waals surface area contributed by atoms with Crippen LogP contribution in [0.2, 0.25) is 0 Å². The van der Waals surface area contributed by atoms with Gasteiger partial charge in [-0.3, -0.25) is 9.59 Å². The van der Waals surface area contributed by atoms with Crippen LogP contribution in [-0.2, 0) is 16.1 Å². The van der Waals surface area contributed by atoms with Crippen LogP contribution in [0.1, 0.15) is 58.1 Å². The van der Waals surface area contributed by atoms with Crippen LogP contribution >= 0.6 is 0 Å². The molecule has 2 atom stereocenters. The number of nitrogens with one attached hydrogen (secondary N) is 1. The van der Waals surface area contributed by atoms with Crippen LogP contribution in [0.3, 0.4) is 0 Å². The molecule has 0 bridgehead atoms. The van der Waals surface area contributed by atoms with Crippen LogP contribution in [0.25, 0.3) is 0 Å². The molecule has 1 N–H and O–H groups in total. The van der Waals surface area contributed by atoms with Crippen molar-refractivity contribution < 1.29 is 18.7 Å². The number of carbonyl (C=O) groups excluding carboxylic acids is 2. The fraction of sp³-hybridized carbons (Fsp3) is 0.440. The maximum absolute atomic E-state index is 13.3. The number of carbonyl (C=O) groups is 2. The minimum atomic E-state index is -0.699. The van der Waals surface area contributed by atoms with Crippen molar-refractivity contribution in [1.82, 2.24) is 10.2 Å². The number of nitrogens with zero attached hydrogens (tertiary/aromatic N) is 1. The Hall–Kier alpha value is -2.89. The average molecular weight is 429 g/mol. The lowest BCUT2D eigenvalue weighted by atomic mass is 10.0. The van der Waals surface area contributed by atoms with Gasteiger partial charge >= 0.3 is 0 Å². The van der Waals surface area contributed by atoms with Gasteiger partial charge in [0.05, 0.1) is 0 Å². The van der Waals surface area contributed by atoms with Crippen LogP contribution < -0.4 is 10.1 Å². The van der Waals surface area contributed by atoms with E-state index in [-0.39, 0.29) is 42.7 Å². The van der Waals surface area contributed by atoms with Crippen molar-refractivity contribution in [2.75, 3.05) is 6.61 Å². The predicted octanol–water partition coefficient (Wildman–Crippen LogP) is 4.66. The van der Waals surface area contributed by atoms with Crippen LogP contribution in [0.4, 0.5) is 4.39 Å². The summed E-state index contributed by atoms with van der Waals surface area (Å²) in [4.78, 5) is 27.3. The highest BCUT2D eigenvalue weighted by atomic mass is 19.1. The summed E-state index contributed by atoms with van der Waals surface area (Å²) in [5.41, 5.74) is 1.75. The van der Waals surface area contributed by atoms with E-state index in [0.717, 1.165) is 17.5 Å². The summed E-state index contributed by atoms with van der Waals surface area (Å²) in [6.07, 6.45) is 0.791. The van der Waals surface area contributed by atoms with E-state index in [4.69, 9.17) is 4.74 Å². The van der Waals surface area contributed by atoms with Crippen molar-refractivity contribution in [2.45, 2.75) is 65.6 Å². The molecule has 0 unspecified atom stereocenters. The molecule has 0 saturated heterocycles. The lowest BCUT2D eigenvalue weighted by Crippen LogP contribution is -2.50. The van der Waals surface area contributed by atoms with E-state index >= 15 is 0 Å². The second-order valence-corrected chi connectivity index (χ2v) is 8.12. The highest BCUT2D eigenvalue weighted by molar-refractivity contribution is 5.88. The third-order valence-corrected chi connectivity index (χ3v) is 5.33. The van der Waals surface area contributed by atoms with Gasteiger partial charge in [0.1, 0.15) is 17.6 Å². The van der Waals surface area contributed by atoms with E-state index in [1.807, 2.05) is 38.1 Å². The van der Waals surface area contributed by atoms with Gasteiger partial charge < -0.3 is 15.0 Å². The Labute approximate surface area is 184 Å². The smallest absolute Gasteiger partial charge is 0.261 e. The van der Waals surface area contributed by atoms with Crippen molar-refractivity contribution in [2.24, 2.45) is 0 Å². The van der Waals surface area contributed by atoms with Gasteiger partial charge in [0.2, 0.25) is 5.91 Å². The van der Waals surface area contributed by atoms with Crippen molar-refractivity contribution in [3.63, 3.8) is 0 Å². The van der Waals surface area contributed by atoms with Crippen molar-refractivity contribution in [3.8, 4) is 5.75 Å².